The summed E-state index contributed by atoms with van der Waals surface area (Å²) in [5.74, 6) is 0.901. The van der Waals surface area contributed by atoms with E-state index < -0.39 is 10.0 Å². The smallest absolute Gasteiger partial charge is 0.241 e. The molecule has 0 spiro atoms. The van der Waals surface area contributed by atoms with Crippen molar-refractivity contribution in [2.45, 2.75) is 18.2 Å². The van der Waals surface area contributed by atoms with Crippen LogP contribution < -0.4 is 10.5 Å². The minimum atomic E-state index is -3.64. The number of aromatic nitrogens is 2. The van der Waals surface area contributed by atoms with E-state index in [9.17, 15) is 8.42 Å². The van der Waals surface area contributed by atoms with Crippen molar-refractivity contribution in [2.75, 3.05) is 12.3 Å². The Hall–Kier alpha value is -1.45. The molecule has 2 rings (SSSR count). The van der Waals surface area contributed by atoms with Crippen LogP contribution in [0, 0.1) is 6.92 Å². The largest absolute Gasteiger partial charge is 0.399 e. The van der Waals surface area contributed by atoms with E-state index in [4.69, 9.17) is 10.3 Å². The van der Waals surface area contributed by atoms with Crippen LogP contribution >= 0.6 is 15.9 Å². The van der Waals surface area contributed by atoms with Gasteiger partial charge in [-0.1, -0.05) is 5.16 Å². The van der Waals surface area contributed by atoms with Crippen molar-refractivity contribution in [3.05, 3.63) is 34.4 Å². The third-order valence-electron chi connectivity index (χ3n) is 2.46. The number of rotatable bonds is 5. The molecule has 0 amide bonds. The van der Waals surface area contributed by atoms with Gasteiger partial charge < -0.3 is 10.3 Å². The van der Waals surface area contributed by atoms with E-state index in [0.29, 0.717) is 28.3 Å². The summed E-state index contributed by atoms with van der Waals surface area (Å²) in [4.78, 5) is 4.09. The van der Waals surface area contributed by atoms with Crippen LogP contribution in [0.1, 0.15) is 11.7 Å². The lowest BCUT2D eigenvalue weighted by Gasteiger charge is -2.08. The summed E-state index contributed by atoms with van der Waals surface area (Å²) < 4.78 is 32.0. The van der Waals surface area contributed by atoms with Gasteiger partial charge in [-0.25, -0.2) is 13.1 Å². The number of nitrogens with zero attached hydrogens (tertiary/aromatic N) is 2. The molecular formula is C11H13BrN4O3S. The summed E-state index contributed by atoms with van der Waals surface area (Å²) in [6.07, 6.45) is 0.344. The van der Waals surface area contributed by atoms with E-state index >= 15 is 0 Å². The number of anilines is 1. The maximum Gasteiger partial charge on any atom is 0.241 e. The number of hydrogen-bond donors (Lipinski definition) is 2. The summed E-state index contributed by atoms with van der Waals surface area (Å²) in [6, 6.07) is 4.60. The van der Waals surface area contributed by atoms with E-state index in [0.717, 1.165) is 0 Å². The SMILES string of the molecule is Cc1nc(CCNS(=O)(=O)c2cc(N)ccc2Br)no1. The number of nitrogen functional groups attached to an aromatic ring is 1. The lowest BCUT2D eigenvalue weighted by Crippen LogP contribution is -2.26. The third-order valence-corrected chi connectivity index (χ3v) is 4.91. The second-order valence-electron chi connectivity index (χ2n) is 4.07. The number of hydrogen-bond acceptors (Lipinski definition) is 6. The topological polar surface area (TPSA) is 111 Å². The highest BCUT2D eigenvalue weighted by Gasteiger charge is 2.17. The quantitative estimate of drug-likeness (QED) is 0.776. The summed E-state index contributed by atoms with van der Waals surface area (Å²) in [5.41, 5.74) is 5.98. The predicted octanol–water partition coefficient (Wildman–Crippen LogP) is 1.24. The molecule has 0 radical (unpaired) electrons. The molecule has 0 fully saturated rings. The maximum absolute atomic E-state index is 12.1. The van der Waals surface area contributed by atoms with Crippen LogP contribution in [0.4, 0.5) is 5.69 Å². The zero-order valence-corrected chi connectivity index (χ0v) is 13.0. The van der Waals surface area contributed by atoms with Crippen molar-refractivity contribution in [1.82, 2.24) is 14.9 Å². The van der Waals surface area contributed by atoms with Gasteiger partial charge in [-0.15, -0.1) is 0 Å². The van der Waals surface area contributed by atoms with Crippen molar-refractivity contribution < 1.29 is 12.9 Å². The minimum Gasteiger partial charge on any atom is -0.399 e. The highest BCUT2D eigenvalue weighted by Crippen LogP contribution is 2.23. The molecule has 0 aliphatic rings. The van der Waals surface area contributed by atoms with Gasteiger partial charge in [0.25, 0.3) is 0 Å². The Balaban J connectivity index is 2.06. The van der Waals surface area contributed by atoms with Crippen LogP contribution in [0.25, 0.3) is 0 Å². The van der Waals surface area contributed by atoms with Crippen molar-refractivity contribution in [1.29, 1.82) is 0 Å². The van der Waals surface area contributed by atoms with Gasteiger partial charge in [-0.05, 0) is 34.1 Å². The Bertz CT molecular complexity index is 714. The fraction of sp³-hybridized carbons (Fsp3) is 0.273. The monoisotopic (exact) mass is 360 g/mol. The molecule has 9 heteroatoms. The molecule has 0 unspecified atom stereocenters. The molecular weight excluding hydrogens is 348 g/mol. The molecule has 1 aromatic carbocycles. The molecule has 0 aliphatic heterocycles. The normalized spacial score (nSPS) is 11.7. The summed E-state index contributed by atoms with van der Waals surface area (Å²) in [7, 11) is -3.64. The zero-order valence-electron chi connectivity index (χ0n) is 10.6. The molecule has 1 aromatic heterocycles. The molecule has 20 heavy (non-hydrogen) atoms. The van der Waals surface area contributed by atoms with Crippen molar-refractivity contribution in [3.63, 3.8) is 0 Å². The molecule has 108 valence electrons. The molecule has 2 aromatic rings. The second kappa shape index (κ2) is 5.90. The van der Waals surface area contributed by atoms with Crippen LogP contribution in [-0.2, 0) is 16.4 Å². The Labute approximate surface area is 124 Å². The van der Waals surface area contributed by atoms with Gasteiger partial charge in [0, 0.05) is 30.0 Å². The summed E-state index contributed by atoms with van der Waals surface area (Å²) >= 11 is 3.19. The molecule has 7 nitrogen and oxygen atoms in total. The van der Waals surface area contributed by atoms with E-state index in [1.54, 1.807) is 19.1 Å². The van der Waals surface area contributed by atoms with Crippen LogP contribution in [-0.4, -0.2) is 25.1 Å². The lowest BCUT2D eigenvalue weighted by molar-refractivity contribution is 0.387. The van der Waals surface area contributed by atoms with Crippen LogP contribution in [0.3, 0.4) is 0 Å². The molecule has 0 aliphatic carbocycles. The molecule has 1 heterocycles. The average molecular weight is 361 g/mol. The highest BCUT2D eigenvalue weighted by atomic mass is 79.9. The maximum atomic E-state index is 12.1. The van der Waals surface area contributed by atoms with Gasteiger partial charge in [0.1, 0.15) is 0 Å². The molecule has 0 saturated carbocycles. The van der Waals surface area contributed by atoms with Gasteiger partial charge in [-0.2, -0.15) is 4.98 Å². The van der Waals surface area contributed by atoms with Crippen molar-refractivity contribution in [2.24, 2.45) is 0 Å². The fourth-order valence-electron chi connectivity index (χ4n) is 1.54. The summed E-state index contributed by atoms with van der Waals surface area (Å²) in [5, 5.41) is 3.69. The molecule has 0 atom stereocenters. The summed E-state index contributed by atoms with van der Waals surface area (Å²) in [6.45, 7) is 1.84. The van der Waals surface area contributed by atoms with E-state index in [-0.39, 0.29) is 11.4 Å². The minimum absolute atomic E-state index is 0.0989. The van der Waals surface area contributed by atoms with Gasteiger partial charge in [-0.3, -0.25) is 0 Å². The Morgan fingerprint density at radius 3 is 2.85 bits per heavy atom. The number of aryl methyl sites for hydroxylation is 1. The number of benzene rings is 1. The molecule has 0 bridgehead atoms. The van der Waals surface area contributed by atoms with Gasteiger partial charge >= 0.3 is 0 Å². The van der Waals surface area contributed by atoms with Crippen LogP contribution in [0.15, 0.2) is 32.1 Å². The number of nitrogens with two attached hydrogens (primary N) is 1. The first-order chi connectivity index (χ1) is 9.38. The van der Waals surface area contributed by atoms with Gasteiger partial charge in [0.2, 0.25) is 15.9 Å². The standard InChI is InChI=1S/C11H13BrN4O3S/c1-7-15-11(16-19-7)4-5-14-20(17,18)10-6-8(13)2-3-9(10)12/h2-3,6,14H,4-5,13H2,1H3. The van der Waals surface area contributed by atoms with Crippen molar-refractivity contribution in [3.8, 4) is 0 Å². The Morgan fingerprint density at radius 2 is 2.20 bits per heavy atom. The van der Waals surface area contributed by atoms with Gasteiger partial charge in [0.05, 0.1) is 4.90 Å². The number of halogens is 1. The fourth-order valence-corrected chi connectivity index (χ4v) is 3.57. The third kappa shape index (κ3) is 3.56. The van der Waals surface area contributed by atoms with E-state index in [2.05, 4.69) is 30.8 Å². The second-order valence-corrected chi connectivity index (χ2v) is 6.66. The predicted molar refractivity (Wildman–Crippen MR) is 76.5 cm³/mol. The highest BCUT2D eigenvalue weighted by molar-refractivity contribution is 9.10. The van der Waals surface area contributed by atoms with Gasteiger partial charge in [0.15, 0.2) is 5.82 Å². The van der Waals surface area contributed by atoms with Crippen LogP contribution in [0.5, 0.6) is 0 Å². The molecule has 3 N–H and O–H groups in total. The number of sulfonamides is 1. The Morgan fingerprint density at radius 1 is 1.45 bits per heavy atom. The first-order valence-corrected chi connectivity index (χ1v) is 8.00. The van der Waals surface area contributed by atoms with Crippen molar-refractivity contribution >= 4 is 31.6 Å². The van der Waals surface area contributed by atoms with E-state index in [1.165, 1.54) is 6.07 Å². The molecule has 0 saturated heterocycles. The zero-order chi connectivity index (χ0) is 14.8. The van der Waals surface area contributed by atoms with E-state index in [1.807, 2.05) is 0 Å². The van der Waals surface area contributed by atoms with Crippen LogP contribution in [0.2, 0.25) is 0 Å². The Kier molecular flexibility index (Phi) is 4.41. The number of nitrogens with one attached hydrogen (secondary N) is 1. The average Bonchev–Trinajstić information content (AvgIpc) is 2.78. The first-order valence-electron chi connectivity index (χ1n) is 5.72. The lowest BCUT2D eigenvalue weighted by atomic mass is 10.3. The first kappa shape index (κ1) is 14.9.